The molecule has 2 rings (SSSR count). The second kappa shape index (κ2) is 11.1. The first-order chi connectivity index (χ1) is 13.1. The molecule has 0 bridgehead atoms. The number of benzene rings is 1. The number of nitrogens with one attached hydrogen (secondary N) is 2. The van der Waals surface area contributed by atoms with E-state index in [1.165, 1.54) is 6.20 Å². The van der Waals surface area contributed by atoms with Crippen molar-refractivity contribution in [2.24, 2.45) is 5.73 Å². The monoisotopic (exact) mass is 376 g/mol. The summed E-state index contributed by atoms with van der Waals surface area (Å²) in [6.07, 6.45) is 1.66. The van der Waals surface area contributed by atoms with E-state index < -0.39 is 5.91 Å². The summed E-state index contributed by atoms with van der Waals surface area (Å²) in [5.41, 5.74) is 6.01. The highest BCUT2D eigenvalue weighted by Gasteiger charge is 2.15. The number of rotatable bonds is 11. The maximum absolute atomic E-state index is 12.4. The molecule has 2 amide bonds. The van der Waals surface area contributed by atoms with Crippen molar-refractivity contribution in [1.82, 2.24) is 4.98 Å². The molecule has 0 spiro atoms. The molecule has 9 nitrogen and oxygen atoms in total. The van der Waals surface area contributed by atoms with Crippen LogP contribution in [0.15, 0.2) is 34.9 Å². The first-order valence-electron chi connectivity index (χ1n) is 8.58. The number of carbonyl (C=O) groups excluding carboxylic acids is 2. The van der Waals surface area contributed by atoms with E-state index in [4.69, 9.17) is 19.6 Å². The Hall–Kier alpha value is -2.75. The molecule has 27 heavy (non-hydrogen) atoms. The third-order valence-electron chi connectivity index (χ3n) is 3.40. The van der Waals surface area contributed by atoms with Crippen molar-refractivity contribution < 1.29 is 23.5 Å². The van der Waals surface area contributed by atoms with Gasteiger partial charge >= 0.3 is 6.01 Å². The van der Waals surface area contributed by atoms with Crippen LogP contribution in [0.2, 0.25) is 0 Å². The number of ether oxygens (including phenoxy) is 2. The molecule has 0 radical (unpaired) electrons. The molecule has 1 aromatic carbocycles. The van der Waals surface area contributed by atoms with Crippen molar-refractivity contribution in [2.45, 2.75) is 13.3 Å². The second-order valence-corrected chi connectivity index (χ2v) is 5.59. The van der Waals surface area contributed by atoms with E-state index in [2.05, 4.69) is 15.6 Å². The van der Waals surface area contributed by atoms with Crippen LogP contribution in [-0.2, 0) is 14.3 Å². The lowest BCUT2D eigenvalue weighted by atomic mass is 10.1. The van der Waals surface area contributed by atoms with Crippen LogP contribution in [-0.4, -0.2) is 49.8 Å². The fourth-order valence-corrected chi connectivity index (χ4v) is 2.15. The number of oxazole rings is 1. The van der Waals surface area contributed by atoms with Gasteiger partial charge in [0.05, 0.1) is 50.3 Å². The van der Waals surface area contributed by atoms with Gasteiger partial charge in [0.2, 0.25) is 5.91 Å². The topological polar surface area (TPSA) is 129 Å². The molecule has 2 aromatic rings. The average Bonchev–Trinajstić information content (AvgIpc) is 3.06. The highest BCUT2D eigenvalue weighted by Crippen LogP contribution is 2.17. The Labute approximate surface area is 157 Å². The largest absolute Gasteiger partial charge is 0.429 e. The minimum atomic E-state index is -0.430. The SMILES string of the molecule is Cc1cnc(NC(=O)c2ccccc2NC(=O)CCOCCOCCN)o1. The number of aryl methyl sites for hydroxylation is 1. The molecule has 0 unspecified atom stereocenters. The maximum atomic E-state index is 12.4. The smallest absolute Gasteiger partial charge is 0.301 e. The minimum absolute atomic E-state index is 0.101. The number of para-hydroxylation sites is 1. The number of amides is 2. The number of hydrogen-bond acceptors (Lipinski definition) is 7. The van der Waals surface area contributed by atoms with Gasteiger partial charge in [0.1, 0.15) is 5.76 Å². The maximum Gasteiger partial charge on any atom is 0.301 e. The van der Waals surface area contributed by atoms with Gasteiger partial charge in [-0.05, 0) is 19.1 Å². The fourth-order valence-electron chi connectivity index (χ4n) is 2.15. The molecule has 0 saturated carbocycles. The van der Waals surface area contributed by atoms with Gasteiger partial charge in [-0.1, -0.05) is 12.1 Å². The normalized spacial score (nSPS) is 10.6. The Balaban J connectivity index is 1.82. The van der Waals surface area contributed by atoms with Crippen molar-refractivity contribution in [1.29, 1.82) is 0 Å². The molecule has 1 heterocycles. The summed E-state index contributed by atoms with van der Waals surface area (Å²) in [7, 11) is 0. The van der Waals surface area contributed by atoms with Crippen LogP contribution in [0.3, 0.4) is 0 Å². The summed E-state index contributed by atoms with van der Waals surface area (Å²) in [6, 6.07) is 6.79. The molecular weight excluding hydrogens is 352 g/mol. The van der Waals surface area contributed by atoms with Crippen LogP contribution in [0, 0.1) is 6.92 Å². The van der Waals surface area contributed by atoms with Crippen molar-refractivity contribution in [3.05, 3.63) is 41.8 Å². The van der Waals surface area contributed by atoms with E-state index in [9.17, 15) is 9.59 Å². The number of aromatic nitrogens is 1. The predicted octanol–water partition coefficient (Wildman–Crippen LogP) is 1.56. The van der Waals surface area contributed by atoms with Gasteiger partial charge in [0.15, 0.2) is 0 Å². The van der Waals surface area contributed by atoms with Crippen LogP contribution in [0.1, 0.15) is 22.5 Å². The highest BCUT2D eigenvalue weighted by molar-refractivity contribution is 6.09. The highest BCUT2D eigenvalue weighted by atomic mass is 16.5. The lowest BCUT2D eigenvalue weighted by Crippen LogP contribution is -2.19. The van der Waals surface area contributed by atoms with Gasteiger partial charge in [-0.25, -0.2) is 4.98 Å². The zero-order valence-corrected chi connectivity index (χ0v) is 15.2. The second-order valence-electron chi connectivity index (χ2n) is 5.59. The van der Waals surface area contributed by atoms with Crippen molar-refractivity contribution in [3.63, 3.8) is 0 Å². The third kappa shape index (κ3) is 7.18. The van der Waals surface area contributed by atoms with E-state index in [0.717, 1.165) is 0 Å². The van der Waals surface area contributed by atoms with Crippen molar-refractivity contribution >= 4 is 23.5 Å². The molecule has 4 N–H and O–H groups in total. The Bertz CT molecular complexity index is 747. The molecule has 9 heteroatoms. The van der Waals surface area contributed by atoms with Crippen LogP contribution in [0.5, 0.6) is 0 Å². The van der Waals surface area contributed by atoms with Crippen LogP contribution < -0.4 is 16.4 Å². The fraction of sp³-hybridized carbons (Fsp3) is 0.389. The predicted molar refractivity (Wildman–Crippen MR) is 99.6 cm³/mol. The summed E-state index contributed by atoms with van der Waals surface area (Å²) in [5, 5.41) is 5.27. The Morgan fingerprint density at radius 2 is 1.85 bits per heavy atom. The molecule has 1 aromatic heterocycles. The Morgan fingerprint density at radius 3 is 2.56 bits per heavy atom. The van der Waals surface area contributed by atoms with Gasteiger partial charge < -0.3 is 24.9 Å². The van der Waals surface area contributed by atoms with E-state index >= 15 is 0 Å². The zero-order valence-electron chi connectivity index (χ0n) is 15.2. The van der Waals surface area contributed by atoms with E-state index in [0.29, 0.717) is 43.4 Å². The van der Waals surface area contributed by atoms with Crippen molar-refractivity contribution in [3.8, 4) is 0 Å². The zero-order chi connectivity index (χ0) is 19.5. The van der Waals surface area contributed by atoms with Gasteiger partial charge in [-0.15, -0.1) is 0 Å². The number of nitrogens with zero attached hydrogens (tertiary/aromatic N) is 1. The van der Waals surface area contributed by atoms with Crippen LogP contribution in [0.4, 0.5) is 11.7 Å². The van der Waals surface area contributed by atoms with Crippen LogP contribution >= 0.6 is 0 Å². The third-order valence-corrected chi connectivity index (χ3v) is 3.40. The lowest BCUT2D eigenvalue weighted by Gasteiger charge is -2.10. The standard InChI is InChI=1S/C18H24N4O5/c1-13-12-20-18(27-13)22-17(24)14-4-2-3-5-15(14)21-16(23)6-8-25-10-11-26-9-7-19/h2-5,12H,6-11,19H2,1H3,(H,21,23)(H,20,22,24). The average molecular weight is 376 g/mol. The molecule has 0 aliphatic rings. The Kier molecular flexibility index (Phi) is 8.43. The molecule has 0 fully saturated rings. The first-order valence-corrected chi connectivity index (χ1v) is 8.58. The molecule has 0 aliphatic heterocycles. The van der Waals surface area contributed by atoms with Gasteiger partial charge in [-0.2, -0.15) is 0 Å². The van der Waals surface area contributed by atoms with Crippen LogP contribution in [0.25, 0.3) is 0 Å². The van der Waals surface area contributed by atoms with E-state index in [1.54, 1.807) is 31.2 Å². The van der Waals surface area contributed by atoms with Gasteiger partial charge in [0.25, 0.3) is 5.91 Å². The minimum Gasteiger partial charge on any atom is -0.429 e. The number of hydrogen-bond donors (Lipinski definition) is 3. The molecule has 0 aliphatic carbocycles. The molecule has 0 saturated heterocycles. The van der Waals surface area contributed by atoms with Gasteiger partial charge in [0, 0.05) is 6.54 Å². The number of nitrogens with two attached hydrogens (primary N) is 1. The Morgan fingerprint density at radius 1 is 1.11 bits per heavy atom. The summed E-state index contributed by atoms with van der Waals surface area (Å²) >= 11 is 0. The summed E-state index contributed by atoms with van der Waals surface area (Å²) in [6.45, 7) is 3.75. The van der Waals surface area contributed by atoms with Crippen molar-refractivity contribution in [2.75, 3.05) is 43.6 Å². The molecule has 0 atom stereocenters. The lowest BCUT2D eigenvalue weighted by molar-refractivity contribution is -0.117. The van der Waals surface area contributed by atoms with Gasteiger partial charge in [-0.3, -0.25) is 14.9 Å². The van der Waals surface area contributed by atoms with E-state index in [1.807, 2.05) is 0 Å². The number of carbonyl (C=O) groups is 2. The summed E-state index contributed by atoms with van der Waals surface area (Å²) in [5.74, 6) is -0.105. The molecule has 146 valence electrons. The number of anilines is 2. The quantitative estimate of drug-likeness (QED) is 0.508. The summed E-state index contributed by atoms with van der Waals surface area (Å²) < 4.78 is 15.7. The summed E-state index contributed by atoms with van der Waals surface area (Å²) in [4.78, 5) is 28.4. The first kappa shape index (κ1) is 20.6. The molecular formula is C18H24N4O5. The van der Waals surface area contributed by atoms with E-state index in [-0.39, 0.29) is 24.9 Å².